The smallest absolute Gasteiger partial charge is 0.287 e. The van der Waals surface area contributed by atoms with Gasteiger partial charge in [-0.1, -0.05) is 12.1 Å². The number of benzene rings is 1. The zero-order valence-corrected chi connectivity index (χ0v) is 17.0. The van der Waals surface area contributed by atoms with Crippen LogP contribution in [-0.4, -0.2) is 34.0 Å². The van der Waals surface area contributed by atoms with Gasteiger partial charge in [0.15, 0.2) is 5.82 Å². The van der Waals surface area contributed by atoms with Crippen molar-refractivity contribution >= 4 is 11.8 Å². The number of hydrogen-bond acceptors (Lipinski definition) is 4. The molecule has 0 atom stereocenters. The highest BCUT2D eigenvalue weighted by atomic mass is 16.5. The first-order valence-corrected chi connectivity index (χ1v) is 9.61. The van der Waals surface area contributed by atoms with Gasteiger partial charge in [0, 0.05) is 18.6 Å². The first kappa shape index (κ1) is 19.9. The second-order valence-electron chi connectivity index (χ2n) is 8.07. The molecule has 3 rings (SSSR count). The van der Waals surface area contributed by atoms with Crippen molar-refractivity contribution in [2.24, 2.45) is 0 Å². The van der Waals surface area contributed by atoms with E-state index in [2.05, 4.69) is 15.6 Å². The first-order valence-electron chi connectivity index (χ1n) is 9.61. The third-order valence-electron chi connectivity index (χ3n) is 4.64. The molecule has 1 aliphatic heterocycles. The van der Waals surface area contributed by atoms with Gasteiger partial charge in [0.05, 0.1) is 12.8 Å². The van der Waals surface area contributed by atoms with Crippen LogP contribution in [0.4, 0.5) is 0 Å². The molecule has 2 N–H and O–H groups in total. The van der Waals surface area contributed by atoms with Crippen LogP contribution >= 0.6 is 0 Å². The largest absolute Gasteiger partial charge is 0.497 e. The van der Waals surface area contributed by atoms with Crippen LogP contribution in [0.1, 0.15) is 66.0 Å². The Kier molecular flexibility index (Phi) is 5.72. The van der Waals surface area contributed by atoms with Crippen molar-refractivity contribution in [2.45, 2.75) is 58.7 Å². The van der Waals surface area contributed by atoms with Gasteiger partial charge in [-0.3, -0.25) is 9.59 Å². The Balaban J connectivity index is 1.78. The van der Waals surface area contributed by atoms with Crippen molar-refractivity contribution in [1.82, 2.24) is 20.2 Å². The maximum atomic E-state index is 12.8. The molecule has 150 valence electrons. The number of carbonyl (C=O) groups excluding carboxylic acids is 2. The lowest BCUT2D eigenvalue weighted by atomic mass is 10.1. The molecule has 28 heavy (non-hydrogen) atoms. The SMILES string of the molecule is COc1ccc(CNC(=O)c2nc(C(=O)NC(C)(C)C)n3c2CCCC3)cc1. The third-order valence-corrected chi connectivity index (χ3v) is 4.64. The fourth-order valence-corrected chi connectivity index (χ4v) is 3.30. The molecule has 1 aliphatic rings. The van der Waals surface area contributed by atoms with Crippen LogP contribution in [0.2, 0.25) is 0 Å². The number of fused-ring (bicyclic) bond motifs is 1. The Morgan fingerprint density at radius 2 is 1.86 bits per heavy atom. The third kappa shape index (κ3) is 4.52. The second-order valence-corrected chi connectivity index (χ2v) is 8.07. The molecule has 2 amide bonds. The maximum absolute atomic E-state index is 12.8. The van der Waals surface area contributed by atoms with E-state index in [-0.39, 0.29) is 17.4 Å². The molecule has 0 saturated heterocycles. The summed E-state index contributed by atoms with van der Waals surface area (Å²) in [4.78, 5) is 29.9. The number of ether oxygens (including phenoxy) is 1. The number of nitrogens with one attached hydrogen (secondary N) is 2. The zero-order chi connectivity index (χ0) is 20.3. The van der Waals surface area contributed by atoms with E-state index < -0.39 is 0 Å². The predicted octanol–water partition coefficient (Wildman–Crippen LogP) is 2.69. The number of imidazole rings is 1. The lowest BCUT2D eigenvalue weighted by Gasteiger charge is -2.22. The quantitative estimate of drug-likeness (QED) is 0.830. The van der Waals surface area contributed by atoms with Gasteiger partial charge in [0.2, 0.25) is 0 Å². The predicted molar refractivity (Wildman–Crippen MR) is 107 cm³/mol. The van der Waals surface area contributed by atoms with Crippen molar-refractivity contribution in [2.75, 3.05) is 7.11 Å². The van der Waals surface area contributed by atoms with E-state index in [0.717, 1.165) is 36.3 Å². The highest BCUT2D eigenvalue weighted by molar-refractivity contribution is 5.97. The molecule has 0 unspecified atom stereocenters. The molecule has 2 aromatic rings. The van der Waals surface area contributed by atoms with Gasteiger partial charge < -0.3 is 19.9 Å². The number of carbonyl (C=O) groups is 2. The van der Waals surface area contributed by atoms with Crippen molar-refractivity contribution in [3.05, 3.63) is 47.0 Å². The molecule has 0 bridgehead atoms. The van der Waals surface area contributed by atoms with Gasteiger partial charge >= 0.3 is 0 Å². The Morgan fingerprint density at radius 1 is 1.14 bits per heavy atom. The fraction of sp³-hybridized carbons (Fsp3) is 0.476. The molecule has 0 spiro atoms. The summed E-state index contributed by atoms with van der Waals surface area (Å²) < 4.78 is 7.04. The molecule has 1 aromatic heterocycles. The first-order chi connectivity index (χ1) is 13.3. The van der Waals surface area contributed by atoms with E-state index in [1.807, 2.05) is 49.6 Å². The Bertz CT molecular complexity index is 863. The summed E-state index contributed by atoms with van der Waals surface area (Å²) in [5.41, 5.74) is 1.80. The topological polar surface area (TPSA) is 85.2 Å². The van der Waals surface area contributed by atoms with Gasteiger partial charge in [-0.05, 0) is 57.7 Å². The molecule has 1 aromatic carbocycles. The molecule has 7 nitrogen and oxygen atoms in total. The molecule has 0 fully saturated rings. The van der Waals surface area contributed by atoms with E-state index in [1.165, 1.54) is 0 Å². The summed E-state index contributed by atoms with van der Waals surface area (Å²) >= 11 is 0. The normalized spacial score (nSPS) is 13.6. The van der Waals surface area contributed by atoms with Gasteiger partial charge in [0.1, 0.15) is 11.4 Å². The van der Waals surface area contributed by atoms with Crippen LogP contribution in [0, 0.1) is 0 Å². The van der Waals surface area contributed by atoms with E-state index in [9.17, 15) is 9.59 Å². The molecular weight excluding hydrogens is 356 g/mol. The second kappa shape index (κ2) is 8.04. The van der Waals surface area contributed by atoms with Gasteiger partial charge in [-0.15, -0.1) is 0 Å². The average Bonchev–Trinajstić information content (AvgIpc) is 3.05. The average molecular weight is 384 g/mol. The minimum atomic E-state index is -0.366. The maximum Gasteiger partial charge on any atom is 0.287 e. The molecule has 7 heteroatoms. The minimum Gasteiger partial charge on any atom is -0.497 e. The Labute approximate surface area is 165 Å². The number of hydrogen-bond donors (Lipinski definition) is 2. The number of nitrogens with zero attached hydrogens (tertiary/aromatic N) is 2. The Morgan fingerprint density at radius 3 is 2.50 bits per heavy atom. The summed E-state index contributed by atoms with van der Waals surface area (Å²) in [5.74, 6) is 0.591. The van der Waals surface area contributed by atoms with Crippen LogP contribution in [0.25, 0.3) is 0 Å². The molecule has 0 saturated carbocycles. The van der Waals surface area contributed by atoms with Crippen LogP contribution in [0.3, 0.4) is 0 Å². The highest BCUT2D eigenvalue weighted by Gasteiger charge is 2.28. The van der Waals surface area contributed by atoms with Crippen LogP contribution < -0.4 is 15.4 Å². The Hall–Kier alpha value is -2.83. The zero-order valence-electron chi connectivity index (χ0n) is 17.0. The lowest BCUT2D eigenvalue weighted by molar-refractivity contribution is 0.0903. The lowest BCUT2D eigenvalue weighted by Crippen LogP contribution is -2.42. The van der Waals surface area contributed by atoms with Crippen LogP contribution in [-0.2, 0) is 19.5 Å². The van der Waals surface area contributed by atoms with Crippen LogP contribution in [0.15, 0.2) is 24.3 Å². The van der Waals surface area contributed by atoms with E-state index >= 15 is 0 Å². The van der Waals surface area contributed by atoms with Gasteiger partial charge in [0.25, 0.3) is 11.8 Å². The van der Waals surface area contributed by atoms with Crippen LogP contribution in [0.5, 0.6) is 5.75 Å². The standard InChI is InChI=1S/C21H28N4O3/c1-21(2,3)24-20(27)18-23-17(16-7-5-6-12-25(16)18)19(26)22-13-14-8-10-15(28-4)11-9-14/h8-11H,5-7,12-13H2,1-4H3,(H,22,26)(H,24,27). The van der Waals surface area contributed by atoms with Gasteiger partial charge in [-0.25, -0.2) is 4.98 Å². The highest BCUT2D eigenvalue weighted by Crippen LogP contribution is 2.22. The summed E-state index contributed by atoms with van der Waals surface area (Å²) in [7, 11) is 1.62. The number of methoxy groups -OCH3 is 1. The van der Waals surface area contributed by atoms with E-state index in [1.54, 1.807) is 7.11 Å². The number of amides is 2. The molecular formula is C21H28N4O3. The van der Waals surface area contributed by atoms with Crippen molar-refractivity contribution in [1.29, 1.82) is 0 Å². The van der Waals surface area contributed by atoms with Crippen molar-refractivity contribution < 1.29 is 14.3 Å². The summed E-state index contributed by atoms with van der Waals surface area (Å²) in [6.07, 6.45) is 2.72. The van der Waals surface area contributed by atoms with Crippen molar-refractivity contribution in [3.63, 3.8) is 0 Å². The van der Waals surface area contributed by atoms with Crippen molar-refractivity contribution in [3.8, 4) is 5.75 Å². The summed E-state index contributed by atoms with van der Waals surface area (Å²) in [5, 5.41) is 5.86. The fourth-order valence-electron chi connectivity index (χ4n) is 3.30. The van der Waals surface area contributed by atoms with E-state index in [0.29, 0.717) is 24.6 Å². The van der Waals surface area contributed by atoms with E-state index in [4.69, 9.17) is 4.74 Å². The summed E-state index contributed by atoms with van der Waals surface area (Å²) in [6, 6.07) is 7.53. The van der Waals surface area contributed by atoms with Gasteiger partial charge in [-0.2, -0.15) is 0 Å². The molecule has 0 aliphatic carbocycles. The summed E-state index contributed by atoms with van der Waals surface area (Å²) in [6.45, 7) is 6.87. The molecule has 2 heterocycles. The number of rotatable bonds is 5. The molecule has 0 radical (unpaired) electrons. The number of aromatic nitrogens is 2. The monoisotopic (exact) mass is 384 g/mol. The minimum absolute atomic E-state index is 0.246.